The van der Waals surface area contributed by atoms with E-state index in [0.29, 0.717) is 13.0 Å². The van der Waals surface area contributed by atoms with Gasteiger partial charge in [-0.15, -0.1) is 0 Å². The smallest absolute Gasteiger partial charge is 0.234 e. The molecule has 5 nitrogen and oxygen atoms in total. The van der Waals surface area contributed by atoms with Gasteiger partial charge in [0, 0.05) is 12.4 Å². The van der Waals surface area contributed by atoms with Gasteiger partial charge in [0.05, 0.1) is 19.1 Å². The number of nitrogens with zero attached hydrogens (tertiary/aromatic N) is 2. The molecule has 0 bridgehead atoms. The number of rotatable bonds is 2. The van der Waals surface area contributed by atoms with Gasteiger partial charge in [-0.1, -0.05) is 0 Å². The Morgan fingerprint density at radius 2 is 2.47 bits per heavy atom. The normalized spacial score (nSPS) is 24.3. The second-order valence-corrected chi connectivity index (χ2v) is 4.02. The summed E-state index contributed by atoms with van der Waals surface area (Å²) in [6.45, 7) is 4.15. The predicted molar refractivity (Wildman–Crippen MR) is 52.4 cm³/mol. The topological polar surface area (TPSA) is 53.4 Å². The molecule has 1 aliphatic heterocycles. The highest BCUT2D eigenvalue weighted by molar-refractivity contribution is 5.79. The van der Waals surface area contributed by atoms with Crippen LogP contribution in [0.5, 0.6) is 0 Å². The first kappa shape index (κ1) is 10.3. The Kier molecular flexibility index (Phi) is 2.58. The minimum atomic E-state index is -0.570. The zero-order chi connectivity index (χ0) is 10.9. The van der Waals surface area contributed by atoms with Gasteiger partial charge < -0.3 is 9.47 Å². The molecule has 1 fully saturated rings. The van der Waals surface area contributed by atoms with E-state index in [0.717, 1.165) is 0 Å². The number of carbonyl (C=O) groups is 1. The molecule has 1 aliphatic rings. The van der Waals surface area contributed by atoms with Gasteiger partial charge in [-0.25, -0.2) is 4.98 Å². The summed E-state index contributed by atoms with van der Waals surface area (Å²) < 4.78 is 12.4. The summed E-state index contributed by atoms with van der Waals surface area (Å²) in [5.74, 6) is -0.598. The van der Waals surface area contributed by atoms with Crippen molar-refractivity contribution in [3.8, 4) is 0 Å². The molecular formula is C10H14N2O3. The summed E-state index contributed by atoms with van der Waals surface area (Å²) in [6.07, 6.45) is 4.86. The van der Waals surface area contributed by atoms with Crippen LogP contribution in [0, 0.1) is 0 Å². The van der Waals surface area contributed by atoms with Crippen LogP contribution in [0.25, 0.3) is 0 Å². The number of hydrogen-bond acceptors (Lipinski definition) is 4. The van der Waals surface area contributed by atoms with Crippen molar-refractivity contribution in [3.05, 3.63) is 18.7 Å². The molecule has 0 aromatic carbocycles. The van der Waals surface area contributed by atoms with Gasteiger partial charge in [-0.3, -0.25) is 9.36 Å². The molecule has 0 radical (unpaired) electrons. The van der Waals surface area contributed by atoms with Crippen LogP contribution in [0.1, 0.15) is 25.1 Å². The summed E-state index contributed by atoms with van der Waals surface area (Å²) in [5, 5.41) is 0. The Morgan fingerprint density at radius 1 is 1.67 bits per heavy atom. The van der Waals surface area contributed by atoms with E-state index < -0.39 is 5.79 Å². The van der Waals surface area contributed by atoms with Gasteiger partial charge in [-0.05, 0) is 13.8 Å². The standard InChI is InChI=1S/C10H14N2O3/c1-10(2)14-6-8(15-10)5-9(13)12-4-3-11-7-12/h3-4,7-8H,5-6H2,1-2H3/t8-/m0/s1. The molecule has 0 unspecified atom stereocenters. The summed E-state index contributed by atoms with van der Waals surface area (Å²) >= 11 is 0. The zero-order valence-electron chi connectivity index (χ0n) is 8.84. The molecule has 1 atom stereocenters. The molecule has 15 heavy (non-hydrogen) atoms. The van der Waals surface area contributed by atoms with Gasteiger partial charge in [0.1, 0.15) is 6.33 Å². The third-order valence-corrected chi connectivity index (χ3v) is 2.26. The highest BCUT2D eigenvalue weighted by atomic mass is 16.7. The van der Waals surface area contributed by atoms with Crippen molar-refractivity contribution < 1.29 is 14.3 Å². The first-order chi connectivity index (χ1) is 7.07. The van der Waals surface area contributed by atoms with Crippen LogP contribution < -0.4 is 0 Å². The van der Waals surface area contributed by atoms with Crippen LogP contribution >= 0.6 is 0 Å². The molecule has 2 heterocycles. The monoisotopic (exact) mass is 210 g/mol. The van der Waals surface area contributed by atoms with Crippen molar-refractivity contribution in [3.63, 3.8) is 0 Å². The minimum Gasteiger partial charge on any atom is -0.348 e. The second kappa shape index (κ2) is 3.75. The van der Waals surface area contributed by atoms with Crippen molar-refractivity contribution in [1.29, 1.82) is 0 Å². The van der Waals surface area contributed by atoms with Gasteiger partial charge in [0.2, 0.25) is 5.91 Å². The van der Waals surface area contributed by atoms with Crippen LogP contribution in [-0.4, -0.2) is 34.0 Å². The van der Waals surface area contributed by atoms with E-state index >= 15 is 0 Å². The van der Waals surface area contributed by atoms with Crippen molar-refractivity contribution in [2.45, 2.75) is 32.2 Å². The third-order valence-electron chi connectivity index (χ3n) is 2.26. The Bertz CT molecular complexity index is 346. The number of aromatic nitrogens is 2. The maximum atomic E-state index is 11.7. The van der Waals surface area contributed by atoms with E-state index in [2.05, 4.69) is 4.98 Å². The summed E-state index contributed by atoms with van der Waals surface area (Å²) in [4.78, 5) is 15.5. The molecule has 0 aliphatic carbocycles. The molecule has 0 spiro atoms. The molecule has 0 saturated carbocycles. The Labute approximate surface area is 88.0 Å². The zero-order valence-corrected chi connectivity index (χ0v) is 8.84. The lowest BCUT2D eigenvalue weighted by molar-refractivity contribution is -0.137. The van der Waals surface area contributed by atoms with E-state index in [1.165, 1.54) is 10.9 Å². The predicted octanol–water partition coefficient (Wildman–Crippen LogP) is 1.06. The van der Waals surface area contributed by atoms with Crippen molar-refractivity contribution in [2.75, 3.05) is 6.61 Å². The maximum absolute atomic E-state index is 11.7. The fourth-order valence-electron chi connectivity index (χ4n) is 1.57. The number of carbonyl (C=O) groups excluding carboxylic acids is 1. The van der Waals surface area contributed by atoms with Crippen LogP contribution in [0.4, 0.5) is 0 Å². The molecule has 1 aromatic heterocycles. The van der Waals surface area contributed by atoms with E-state index in [1.54, 1.807) is 12.4 Å². The Morgan fingerprint density at radius 3 is 3.00 bits per heavy atom. The Hall–Kier alpha value is -1.20. The van der Waals surface area contributed by atoms with Crippen molar-refractivity contribution in [2.24, 2.45) is 0 Å². The Balaban J connectivity index is 1.91. The SMILES string of the molecule is CC1(C)OC[C@H](CC(=O)n2ccnc2)O1. The van der Waals surface area contributed by atoms with Crippen LogP contribution in [-0.2, 0) is 9.47 Å². The first-order valence-corrected chi connectivity index (χ1v) is 4.90. The number of ether oxygens (including phenoxy) is 2. The van der Waals surface area contributed by atoms with Gasteiger partial charge in [0.25, 0.3) is 0 Å². The lowest BCUT2D eigenvalue weighted by Gasteiger charge is -2.16. The second-order valence-electron chi connectivity index (χ2n) is 4.02. The average Bonchev–Trinajstić information content (AvgIpc) is 2.74. The van der Waals surface area contributed by atoms with Crippen LogP contribution in [0.15, 0.2) is 18.7 Å². The van der Waals surface area contributed by atoms with Crippen LogP contribution in [0.3, 0.4) is 0 Å². The summed E-state index contributed by atoms with van der Waals surface area (Å²) in [6, 6.07) is 0. The number of imidazole rings is 1. The fourth-order valence-corrected chi connectivity index (χ4v) is 1.57. The van der Waals surface area contributed by atoms with Gasteiger partial charge in [-0.2, -0.15) is 0 Å². The largest absolute Gasteiger partial charge is 0.348 e. The molecule has 0 N–H and O–H groups in total. The lowest BCUT2D eigenvalue weighted by atomic mass is 10.2. The molecule has 1 aromatic rings. The van der Waals surface area contributed by atoms with E-state index in [9.17, 15) is 4.79 Å². The molecule has 0 amide bonds. The van der Waals surface area contributed by atoms with Crippen LogP contribution in [0.2, 0.25) is 0 Å². The third kappa shape index (κ3) is 2.43. The van der Waals surface area contributed by atoms with E-state index in [-0.39, 0.29) is 12.0 Å². The quantitative estimate of drug-likeness (QED) is 0.732. The molecule has 82 valence electrons. The first-order valence-electron chi connectivity index (χ1n) is 4.90. The van der Waals surface area contributed by atoms with Crippen molar-refractivity contribution >= 4 is 5.91 Å². The molecule has 1 saturated heterocycles. The summed E-state index contributed by atoms with van der Waals surface area (Å²) in [5.41, 5.74) is 0. The molecule has 2 rings (SSSR count). The fraction of sp³-hybridized carbons (Fsp3) is 0.600. The minimum absolute atomic E-state index is 0.0289. The van der Waals surface area contributed by atoms with Crippen molar-refractivity contribution in [1.82, 2.24) is 9.55 Å². The number of hydrogen-bond donors (Lipinski definition) is 0. The maximum Gasteiger partial charge on any atom is 0.234 e. The lowest BCUT2D eigenvalue weighted by Crippen LogP contribution is -2.24. The van der Waals surface area contributed by atoms with E-state index in [4.69, 9.17) is 9.47 Å². The highest BCUT2D eigenvalue weighted by Gasteiger charge is 2.33. The van der Waals surface area contributed by atoms with E-state index in [1.807, 2.05) is 13.8 Å². The molecule has 5 heteroatoms. The molecular weight excluding hydrogens is 196 g/mol. The highest BCUT2D eigenvalue weighted by Crippen LogP contribution is 2.24. The van der Waals surface area contributed by atoms with Gasteiger partial charge in [0.15, 0.2) is 5.79 Å². The summed E-state index contributed by atoms with van der Waals surface area (Å²) in [7, 11) is 0. The average molecular weight is 210 g/mol. The van der Waals surface area contributed by atoms with Gasteiger partial charge >= 0.3 is 0 Å².